The number of benzene rings is 1. The van der Waals surface area contributed by atoms with Crippen LogP contribution in [0.15, 0.2) is 24.3 Å². The Morgan fingerprint density at radius 1 is 1.05 bits per heavy atom. The van der Waals surface area contributed by atoms with Crippen LogP contribution in [0, 0.1) is 0 Å². The molecule has 1 rings (SSSR count). The van der Waals surface area contributed by atoms with Crippen LogP contribution < -0.4 is 10.6 Å². The fraction of sp³-hybridized carbons (Fsp3) is 0.630. The zero-order valence-electron chi connectivity index (χ0n) is 23.1. The van der Waals surface area contributed by atoms with Gasteiger partial charge in [-0.05, 0) is 58.6 Å². The Hall–Kier alpha value is -2.75. The van der Waals surface area contributed by atoms with E-state index in [0.29, 0.717) is 12.0 Å². The van der Waals surface area contributed by atoms with E-state index in [1.807, 2.05) is 45.0 Å². The highest BCUT2D eigenvalue weighted by atomic mass is 32.1. The van der Waals surface area contributed by atoms with E-state index in [-0.39, 0.29) is 31.4 Å². The zero-order chi connectivity index (χ0) is 28.2. The molecule has 0 spiro atoms. The van der Waals surface area contributed by atoms with E-state index in [0.717, 1.165) is 12.0 Å². The second-order valence-corrected chi connectivity index (χ2v) is 10.1. The molecule has 9 nitrogen and oxygen atoms in total. The van der Waals surface area contributed by atoms with Gasteiger partial charge in [0, 0.05) is 18.3 Å². The lowest BCUT2D eigenvalue weighted by Gasteiger charge is -2.38. The topological polar surface area (TPSA) is 114 Å². The number of hydrogen-bond acceptors (Lipinski definition) is 7. The van der Waals surface area contributed by atoms with Gasteiger partial charge in [0.25, 0.3) is 0 Å². The molecule has 1 aromatic carbocycles. The molecule has 37 heavy (non-hydrogen) atoms. The number of thiol groups is 1. The molecule has 0 aliphatic heterocycles. The molecule has 0 radical (unpaired) electrons. The lowest BCUT2D eigenvalue weighted by atomic mass is 9.98. The standard InChI is InChI=1S/C27H43N3O6S/c1-8-18(4)30(25(33)21(17-37)29-26(34)36-27(5,6)7)23(20-13-11-19(9-2)12-14-20)24(32)28-16-15-22(31)35-10-3/h11-14,18,21,23,37H,8-10,15-17H2,1-7H3,(H,28,32)(H,29,34). The molecule has 0 aromatic heterocycles. The Kier molecular flexibility index (Phi) is 13.5. The van der Waals surface area contributed by atoms with Crippen molar-refractivity contribution in [1.82, 2.24) is 15.5 Å². The highest BCUT2D eigenvalue weighted by molar-refractivity contribution is 7.80. The molecule has 0 aliphatic carbocycles. The van der Waals surface area contributed by atoms with Crippen molar-refractivity contribution >= 4 is 36.5 Å². The van der Waals surface area contributed by atoms with Crippen LogP contribution in [0.25, 0.3) is 0 Å². The molecule has 3 amide bonds. The number of amides is 3. The molecule has 10 heteroatoms. The van der Waals surface area contributed by atoms with Gasteiger partial charge >= 0.3 is 12.1 Å². The van der Waals surface area contributed by atoms with Crippen molar-refractivity contribution in [3.63, 3.8) is 0 Å². The first kappa shape index (κ1) is 32.3. The third-order valence-corrected chi connectivity index (χ3v) is 6.02. The molecule has 0 aliphatic rings. The Morgan fingerprint density at radius 3 is 2.16 bits per heavy atom. The Bertz CT molecular complexity index is 900. The van der Waals surface area contributed by atoms with Crippen molar-refractivity contribution in [2.45, 2.75) is 91.5 Å². The number of alkyl carbamates (subject to hydrolysis) is 1. The van der Waals surface area contributed by atoms with E-state index < -0.39 is 41.6 Å². The summed E-state index contributed by atoms with van der Waals surface area (Å²) in [5, 5.41) is 5.37. The van der Waals surface area contributed by atoms with Crippen LogP contribution in [0.2, 0.25) is 0 Å². The second-order valence-electron chi connectivity index (χ2n) is 9.73. The average molecular weight is 538 g/mol. The van der Waals surface area contributed by atoms with Crippen LogP contribution in [-0.4, -0.2) is 65.4 Å². The lowest BCUT2D eigenvalue weighted by Crippen LogP contribution is -2.56. The van der Waals surface area contributed by atoms with Crippen molar-refractivity contribution in [3.8, 4) is 0 Å². The van der Waals surface area contributed by atoms with Crippen LogP contribution in [-0.2, 0) is 30.3 Å². The van der Waals surface area contributed by atoms with E-state index >= 15 is 0 Å². The Morgan fingerprint density at radius 2 is 1.68 bits per heavy atom. The number of hydrogen-bond donors (Lipinski definition) is 3. The molecule has 3 atom stereocenters. The van der Waals surface area contributed by atoms with Gasteiger partial charge in [-0.2, -0.15) is 12.6 Å². The molecule has 0 saturated carbocycles. The predicted molar refractivity (Wildman–Crippen MR) is 146 cm³/mol. The lowest BCUT2D eigenvalue weighted by molar-refractivity contribution is -0.145. The summed E-state index contributed by atoms with van der Waals surface area (Å²) in [6, 6.07) is 5.14. The molecule has 2 N–H and O–H groups in total. The van der Waals surface area contributed by atoms with Crippen molar-refractivity contribution in [2.75, 3.05) is 18.9 Å². The molecular weight excluding hydrogens is 494 g/mol. The van der Waals surface area contributed by atoms with Gasteiger partial charge < -0.3 is 25.0 Å². The number of nitrogens with one attached hydrogen (secondary N) is 2. The monoisotopic (exact) mass is 537 g/mol. The number of aryl methyl sites for hydroxylation is 1. The highest BCUT2D eigenvalue weighted by Gasteiger charge is 2.38. The number of carbonyl (C=O) groups excluding carboxylic acids is 4. The Balaban J connectivity index is 3.36. The maximum atomic E-state index is 13.8. The van der Waals surface area contributed by atoms with Crippen LogP contribution >= 0.6 is 12.6 Å². The first-order valence-electron chi connectivity index (χ1n) is 12.8. The van der Waals surface area contributed by atoms with Crippen molar-refractivity contribution in [3.05, 3.63) is 35.4 Å². The van der Waals surface area contributed by atoms with Crippen molar-refractivity contribution in [1.29, 1.82) is 0 Å². The van der Waals surface area contributed by atoms with Crippen molar-refractivity contribution < 1.29 is 28.7 Å². The highest BCUT2D eigenvalue weighted by Crippen LogP contribution is 2.27. The minimum Gasteiger partial charge on any atom is -0.466 e. The summed E-state index contributed by atoms with van der Waals surface area (Å²) in [7, 11) is 0. The molecule has 0 saturated heterocycles. The van der Waals surface area contributed by atoms with Gasteiger partial charge in [0.05, 0.1) is 13.0 Å². The fourth-order valence-electron chi connectivity index (χ4n) is 3.60. The van der Waals surface area contributed by atoms with Gasteiger partial charge in [-0.1, -0.05) is 38.1 Å². The minimum atomic E-state index is -1.02. The summed E-state index contributed by atoms with van der Waals surface area (Å²) >= 11 is 4.30. The minimum absolute atomic E-state index is 0.0109. The Labute approximate surface area is 226 Å². The van der Waals surface area contributed by atoms with Crippen LogP contribution in [0.1, 0.15) is 78.5 Å². The smallest absolute Gasteiger partial charge is 0.408 e. The van der Waals surface area contributed by atoms with Crippen LogP contribution in [0.4, 0.5) is 4.79 Å². The predicted octanol–water partition coefficient (Wildman–Crippen LogP) is 3.81. The molecule has 0 bridgehead atoms. The first-order valence-corrected chi connectivity index (χ1v) is 13.5. The van der Waals surface area contributed by atoms with Gasteiger partial charge in [0.1, 0.15) is 17.7 Å². The molecular formula is C27H43N3O6S. The molecule has 208 valence electrons. The third-order valence-electron chi connectivity index (χ3n) is 5.66. The quantitative estimate of drug-likeness (QED) is 0.260. The van der Waals surface area contributed by atoms with Gasteiger partial charge in [-0.25, -0.2) is 4.79 Å². The summed E-state index contributed by atoms with van der Waals surface area (Å²) in [4.78, 5) is 53.1. The van der Waals surface area contributed by atoms with Gasteiger partial charge in [-0.3, -0.25) is 14.4 Å². The average Bonchev–Trinajstić information content (AvgIpc) is 2.84. The summed E-state index contributed by atoms with van der Waals surface area (Å²) < 4.78 is 10.3. The van der Waals surface area contributed by atoms with E-state index in [2.05, 4.69) is 23.3 Å². The number of esters is 1. The van der Waals surface area contributed by atoms with Gasteiger partial charge in [0.15, 0.2) is 0 Å². The van der Waals surface area contributed by atoms with Gasteiger partial charge in [-0.15, -0.1) is 0 Å². The van der Waals surface area contributed by atoms with E-state index in [4.69, 9.17) is 9.47 Å². The zero-order valence-corrected chi connectivity index (χ0v) is 24.0. The normalized spacial score (nSPS) is 13.6. The summed E-state index contributed by atoms with van der Waals surface area (Å²) in [5.74, 6) is -1.30. The number of rotatable bonds is 13. The number of carbonyl (C=O) groups is 4. The van der Waals surface area contributed by atoms with E-state index in [1.54, 1.807) is 27.7 Å². The van der Waals surface area contributed by atoms with E-state index in [9.17, 15) is 19.2 Å². The molecule has 3 unspecified atom stereocenters. The van der Waals surface area contributed by atoms with Crippen LogP contribution in [0.5, 0.6) is 0 Å². The van der Waals surface area contributed by atoms with Gasteiger partial charge in [0.2, 0.25) is 11.8 Å². The third kappa shape index (κ3) is 10.6. The number of ether oxygens (including phenoxy) is 2. The summed E-state index contributed by atoms with van der Waals surface area (Å²) in [6.07, 6.45) is 0.660. The maximum Gasteiger partial charge on any atom is 0.408 e. The first-order chi connectivity index (χ1) is 17.4. The summed E-state index contributed by atoms with van der Waals surface area (Å²) in [6.45, 7) is 13.0. The fourth-order valence-corrected chi connectivity index (χ4v) is 3.85. The summed E-state index contributed by atoms with van der Waals surface area (Å²) in [5.41, 5.74) is 0.966. The SMILES string of the molecule is CCOC(=O)CCNC(=O)C(c1ccc(CC)cc1)N(C(=O)C(CS)NC(=O)OC(C)(C)C)C(C)CC. The number of nitrogens with zero attached hydrogens (tertiary/aromatic N) is 1. The maximum absolute atomic E-state index is 13.8. The van der Waals surface area contributed by atoms with Crippen molar-refractivity contribution in [2.24, 2.45) is 0 Å². The molecule has 1 aromatic rings. The molecule has 0 heterocycles. The van der Waals surface area contributed by atoms with Crippen LogP contribution in [0.3, 0.4) is 0 Å². The molecule has 0 fully saturated rings. The van der Waals surface area contributed by atoms with E-state index in [1.165, 1.54) is 4.90 Å². The second kappa shape index (κ2) is 15.5. The largest absolute Gasteiger partial charge is 0.466 e.